The number of methoxy groups -OCH3 is 2. The van der Waals surface area contributed by atoms with Crippen LogP contribution in [0.5, 0.6) is 11.5 Å². The standard InChI is InChI=1S/C19H20N2O4/c1-23-16-8-6-15(18(13-16)24-2)7-9-19(22)21(11-4-10-20)14-17-5-3-12-25-17/h3,5-9,12-13H,4,11,14H2,1-2H3/b9-7-. The molecule has 1 aromatic heterocycles. The molecule has 0 saturated carbocycles. The zero-order valence-corrected chi connectivity index (χ0v) is 14.3. The molecule has 0 spiro atoms. The molecule has 1 heterocycles. The lowest BCUT2D eigenvalue weighted by Gasteiger charge is -2.18. The SMILES string of the molecule is COc1ccc(/C=C\C(=O)N(CCC#N)Cc2ccco2)c(OC)c1. The fraction of sp³-hybridized carbons (Fsp3) is 0.263. The average molecular weight is 340 g/mol. The van der Waals surface area contributed by atoms with Gasteiger partial charge in [-0.1, -0.05) is 0 Å². The van der Waals surface area contributed by atoms with Crippen LogP contribution in [0.1, 0.15) is 17.7 Å². The summed E-state index contributed by atoms with van der Waals surface area (Å²) < 4.78 is 15.8. The van der Waals surface area contributed by atoms with E-state index in [-0.39, 0.29) is 12.3 Å². The minimum atomic E-state index is -0.204. The van der Waals surface area contributed by atoms with Crippen LogP contribution in [0.25, 0.3) is 6.08 Å². The first kappa shape index (κ1) is 18.1. The first-order valence-corrected chi connectivity index (χ1v) is 7.76. The summed E-state index contributed by atoms with van der Waals surface area (Å²) in [7, 11) is 3.14. The van der Waals surface area contributed by atoms with Gasteiger partial charge in [-0.15, -0.1) is 0 Å². The Morgan fingerprint density at radius 2 is 2.16 bits per heavy atom. The molecule has 0 atom stereocenters. The molecule has 2 aromatic rings. The van der Waals surface area contributed by atoms with Crippen molar-refractivity contribution in [3.05, 3.63) is 54.0 Å². The fourth-order valence-electron chi connectivity index (χ4n) is 2.27. The first-order valence-electron chi connectivity index (χ1n) is 7.76. The number of ether oxygens (including phenoxy) is 2. The van der Waals surface area contributed by atoms with Crippen LogP contribution in [-0.4, -0.2) is 31.6 Å². The Balaban J connectivity index is 2.13. The first-order chi connectivity index (χ1) is 12.2. The molecule has 1 amide bonds. The number of nitrogens with zero attached hydrogens (tertiary/aromatic N) is 2. The molecule has 130 valence electrons. The molecule has 0 aliphatic heterocycles. The second-order valence-electron chi connectivity index (χ2n) is 5.19. The van der Waals surface area contributed by atoms with Crippen molar-refractivity contribution in [3.63, 3.8) is 0 Å². The molecule has 6 heteroatoms. The van der Waals surface area contributed by atoms with E-state index in [1.54, 1.807) is 55.7 Å². The lowest BCUT2D eigenvalue weighted by molar-refractivity contribution is -0.126. The predicted octanol–water partition coefficient (Wildman–Crippen LogP) is 3.25. The monoisotopic (exact) mass is 340 g/mol. The summed E-state index contributed by atoms with van der Waals surface area (Å²) in [6.45, 7) is 0.651. The van der Waals surface area contributed by atoms with E-state index in [1.807, 2.05) is 6.07 Å². The summed E-state index contributed by atoms with van der Waals surface area (Å²) >= 11 is 0. The van der Waals surface area contributed by atoms with E-state index in [9.17, 15) is 4.79 Å². The van der Waals surface area contributed by atoms with E-state index in [0.29, 0.717) is 30.3 Å². The molecule has 0 aliphatic carbocycles. The van der Waals surface area contributed by atoms with E-state index in [4.69, 9.17) is 19.2 Å². The molecule has 25 heavy (non-hydrogen) atoms. The van der Waals surface area contributed by atoms with E-state index >= 15 is 0 Å². The van der Waals surface area contributed by atoms with Gasteiger partial charge < -0.3 is 18.8 Å². The Kier molecular flexibility index (Phi) is 6.66. The Labute approximate surface area is 146 Å². The van der Waals surface area contributed by atoms with Gasteiger partial charge in [0.25, 0.3) is 0 Å². The highest BCUT2D eigenvalue weighted by Gasteiger charge is 2.13. The third-order valence-electron chi connectivity index (χ3n) is 3.58. The van der Waals surface area contributed by atoms with Crippen molar-refractivity contribution < 1.29 is 18.7 Å². The minimum Gasteiger partial charge on any atom is -0.497 e. The van der Waals surface area contributed by atoms with Gasteiger partial charge in [0.05, 0.1) is 39.5 Å². The lowest BCUT2D eigenvalue weighted by Crippen LogP contribution is -2.29. The van der Waals surface area contributed by atoms with Crippen molar-refractivity contribution in [1.29, 1.82) is 5.26 Å². The van der Waals surface area contributed by atoms with Gasteiger partial charge in [-0.2, -0.15) is 5.26 Å². The highest BCUT2D eigenvalue weighted by Crippen LogP contribution is 2.25. The lowest BCUT2D eigenvalue weighted by atomic mass is 10.1. The molecule has 0 unspecified atom stereocenters. The van der Waals surface area contributed by atoms with Crippen LogP contribution < -0.4 is 9.47 Å². The van der Waals surface area contributed by atoms with Crippen molar-refractivity contribution in [1.82, 2.24) is 4.90 Å². The summed E-state index contributed by atoms with van der Waals surface area (Å²) in [5.74, 6) is 1.75. The summed E-state index contributed by atoms with van der Waals surface area (Å²) in [6, 6.07) is 11.0. The highest BCUT2D eigenvalue weighted by atomic mass is 16.5. The maximum atomic E-state index is 12.5. The maximum Gasteiger partial charge on any atom is 0.247 e. The zero-order valence-electron chi connectivity index (χ0n) is 14.3. The van der Waals surface area contributed by atoms with Crippen molar-refractivity contribution in [2.45, 2.75) is 13.0 Å². The number of benzene rings is 1. The third-order valence-corrected chi connectivity index (χ3v) is 3.58. The van der Waals surface area contributed by atoms with Crippen molar-refractivity contribution in [2.75, 3.05) is 20.8 Å². The second kappa shape index (κ2) is 9.18. The summed E-state index contributed by atoms with van der Waals surface area (Å²) in [5.41, 5.74) is 0.759. The number of hydrogen-bond donors (Lipinski definition) is 0. The number of hydrogen-bond acceptors (Lipinski definition) is 5. The quantitative estimate of drug-likeness (QED) is 0.690. The molecule has 0 aliphatic rings. The van der Waals surface area contributed by atoms with Gasteiger partial charge in [0.2, 0.25) is 5.91 Å². The average Bonchev–Trinajstić information content (AvgIpc) is 3.16. The number of amides is 1. The van der Waals surface area contributed by atoms with Gasteiger partial charge in [0.15, 0.2) is 0 Å². The van der Waals surface area contributed by atoms with Gasteiger partial charge in [0, 0.05) is 24.3 Å². The van der Waals surface area contributed by atoms with Crippen LogP contribution in [0.2, 0.25) is 0 Å². The van der Waals surface area contributed by atoms with Gasteiger partial charge in [-0.3, -0.25) is 4.79 Å². The van der Waals surface area contributed by atoms with Gasteiger partial charge in [0.1, 0.15) is 17.3 Å². The predicted molar refractivity (Wildman–Crippen MR) is 92.9 cm³/mol. The van der Waals surface area contributed by atoms with Crippen molar-refractivity contribution >= 4 is 12.0 Å². The molecule has 0 radical (unpaired) electrons. The summed E-state index contributed by atoms with van der Waals surface area (Å²) in [6.07, 6.45) is 4.96. The van der Waals surface area contributed by atoms with E-state index in [2.05, 4.69) is 6.07 Å². The summed E-state index contributed by atoms with van der Waals surface area (Å²) in [5, 5.41) is 8.79. The topological polar surface area (TPSA) is 75.7 Å². The number of nitriles is 1. The van der Waals surface area contributed by atoms with Crippen LogP contribution >= 0.6 is 0 Å². The Morgan fingerprint density at radius 3 is 2.80 bits per heavy atom. The Bertz CT molecular complexity index is 760. The van der Waals surface area contributed by atoms with E-state index in [1.165, 1.54) is 6.08 Å². The molecular formula is C19H20N2O4. The number of furan rings is 1. The summed E-state index contributed by atoms with van der Waals surface area (Å²) in [4.78, 5) is 14.1. The van der Waals surface area contributed by atoms with Crippen LogP contribution in [0.15, 0.2) is 47.1 Å². The van der Waals surface area contributed by atoms with Gasteiger partial charge in [-0.25, -0.2) is 0 Å². The Morgan fingerprint density at radius 1 is 1.32 bits per heavy atom. The zero-order chi connectivity index (χ0) is 18.1. The molecule has 6 nitrogen and oxygen atoms in total. The van der Waals surface area contributed by atoms with Crippen LogP contribution in [0.4, 0.5) is 0 Å². The molecule has 1 aromatic carbocycles. The maximum absolute atomic E-state index is 12.5. The van der Waals surface area contributed by atoms with Crippen LogP contribution in [0, 0.1) is 11.3 Å². The van der Waals surface area contributed by atoms with E-state index < -0.39 is 0 Å². The van der Waals surface area contributed by atoms with Crippen molar-refractivity contribution in [2.24, 2.45) is 0 Å². The van der Waals surface area contributed by atoms with Gasteiger partial charge >= 0.3 is 0 Å². The largest absolute Gasteiger partial charge is 0.497 e. The number of rotatable bonds is 8. The van der Waals surface area contributed by atoms with Gasteiger partial charge in [-0.05, 0) is 30.3 Å². The molecule has 0 saturated heterocycles. The minimum absolute atomic E-state index is 0.204. The molecular weight excluding hydrogens is 320 g/mol. The van der Waals surface area contributed by atoms with E-state index in [0.717, 1.165) is 5.56 Å². The van der Waals surface area contributed by atoms with Crippen LogP contribution in [0.3, 0.4) is 0 Å². The number of carbonyl (C=O) groups excluding carboxylic acids is 1. The molecule has 0 fully saturated rings. The fourth-order valence-corrected chi connectivity index (χ4v) is 2.27. The molecule has 0 bridgehead atoms. The Hall–Kier alpha value is -3.20. The normalized spacial score (nSPS) is 10.4. The van der Waals surface area contributed by atoms with Crippen LogP contribution in [-0.2, 0) is 11.3 Å². The third kappa shape index (κ3) is 5.15. The van der Waals surface area contributed by atoms with Crippen molar-refractivity contribution in [3.8, 4) is 17.6 Å². The smallest absolute Gasteiger partial charge is 0.247 e. The molecule has 0 N–H and O–H groups in total. The molecule has 2 rings (SSSR count). The highest BCUT2D eigenvalue weighted by molar-refractivity contribution is 5.92. The number of carbonyl (C=O) groups is 1. The second-order valence-corrected chi connectivity index (χ2v) is 5.19.